The number of ether oxygens (including phenoxy) is 1. The summed E-state index contributed by atoms with van der Waals surface area (Å²) in [7, 11) is 1.88. The number of thiophene rings is 1. The average Bonchev–Trinajstić information content (AvgIpc) is 2.49. The molecular formula is C8H9NO3S. The molecule has 1 aromatic heterocycles. The molecular weight excluding hydrogens is 190 g/mol. The second-order valence-corrected chi connectivity index (χ2v) is 3.73. The van der Waals surface area contributed by atoms with Crippen LogP contribution in [0.1, 0.15) is 9.67 Å². The van der Waals surface area contributed by atoms with Crippen molar-refractivity contribution in [3.05, 3.63) is 10.3 Å². The smallest absolute Gasteiger partial charge is 0.348 e. The SMILES string of the molecule is CN1CCOc2csc(C(=O)O)c21. The summed E-state index contributed by atoms with van der Waals surface area (Å²) in [6, 6.07) is 0. The van der Waals surface area contributed by atoms with Crippen LogP contribution in [0.25, 0.3) is 0 Å². The summed E-state index contributed by atoms with van der Waals surface area (Å²) >= 11 is 1.21. The van der Waals surface area contributed by atoms with Gasteiger partial charge in [0.15, 0.2) is 5.75 Å². The number of fused-ring (bicyclic) bond motifs is 1. The topological polar surface area (TPSA) is 49.8 Å². The fourth-order valence-electron chi connectivity index (χ4n) is 1.36. The van der Waals surface area contributed by atoms with Gasteiger partial charge in [-0.1, -0.05) is 0 Å². The molecule has 0 saturated heterocycles. The van der Waals surface area contributed by atoms with E-state index in [1.54, 1.807) is 5.38 Å². The van der Waals surface area contributed by atoms with Crippen LogP contribution in [0.4, 0.5) is 5.69 Å². The predicted molar refractivity (Wildman–Crippen MR) is 50.0 cm³/mol. The van der Waals surface area contributed by atoms with Crippen LogP contribution in [-0.4, -0.2) is 31.3 Å². The van der Waals surface area contributed by atoms with Crippen LogP contribution >= 0.6 is 11.3 Å². The summed E-state index contributed by atoms with van der Waals surface area (Å²) in [5.41, 5.74) is 0.712. The number of carboxylic acid groups (broad SMARTS) is 1. The highest BCUT2D eigenvalue weighted by Gasteiger charge is 2.24. The lowest BCUT2D eigenvalue weighted by molar-refractivity contribution is 0.0702. The van der Waals surface area contributed by atoms with Gasteiger partial charge in [-0.3, -0.25) is 0 Å². The van der Waals surface area contributed by atoms with Crippen molar-refractivity contribution < 1.29 is 14.6 Å². The van der Waals surface area contributed by atoms with E-state index >= 15 is 0 Å². The fourth-order valence-corrected chi connectivity index (χ4v) is 2.23. The summed E-state index contributed by atoms with van der Waals surface area (Å²) in [5, 5.41) is 10.6. The monoisotopic (exact) mass is 199 g/mol. The van der Waals surface area contributed by atoms with Crippen molar-refractivity contribution in [3.8, 4) is 5.75 Å². The number of rotatable bonds is 1. The first-order chi connectivity index (χ1) is 6.20. The minimum atomic E-state index is -0.886. The molecule has 1 aliphatic heterocycles. The van der Waals surface area contributed by atoms with Gasteiger partial charge in [0.05, 0.1) is 6.54 Å². The Bertz CT molecular complexity index is 347. The van der Waals surface area contributed by atoms with Crippen LogP contribution in [0.3, 0.4) is 0 Å². The highest BCUT2D eigenvalue weighted by Crippen LogP contribution is 2.39. The maximum atomic E-state index is 10.8. The Morgan fingerprint density at radius 1 is 1.77 bits per heavy atom. The van der Waals surface area contributed by atoms with E-state index in [1.807, 2.05) is 11.9 Å². The van der Waals surface area contributed by atoms with E-state index in [2.05, 4.69) is 0 Å². The van der Waals surface area contributed by atoms with Crippen molar-refractivity contribution in [1.29, 1.82) is 0 Å². The third-order valence-corrected chi connectivity index (χ3v) is 2.93. The van der Waals surface area contributed by atoms with Crippen LogP contribution in [0.5, 0.6) is 5.75 Å². The fraction of sp³-hybridized carbons (Fsp3) is 0.375. The maximum absolute atomic E-state index is 10.8. The number of aromatic carboxylic acids is 1. The molecule has 70 valence electrons. The number of likely N-dealkylation sites (N-methyl/N-ethyl adjacent to an activating group) is 1. The van der Waals surface area contributed by atoms with Gasteiger partial charge in [-0.2, -0.15) is 0 Å². The number of hydrogen-bond acceptors (Lipinski definition) is 4. The van der Waals surface area contributed by atoms with Crippen LogP contribution < -0.4 is 9.64 Å². The lowest BCUT2D eigenvalue weighted by Gasteiger charge is -2.25. The zero-order chi connectivity index (χ0) is 9.42. The van der Waals surface area contributed by atoms with E-state index in [9.17, 15) is 4.79 Å². The molecule has 0 radical (unpaired) electrons. The Morgan fingerprint density at radius 2 is 2.54 bits per heavy atom. The molecule has 0 amide bonds. The van der Waals surface area contributed by atoms with Crippen LogP contribution in [0, 0.1) is 0 Å². The first kappa shape index (κ1) is 8.37. The Balaban J connectivity index is 2.50. The first-order valence-corrected chi connectivity index (χ1v) is 4.77. The van der Waals surface area contributed by atoms with Gasteiger partial charge in [-0.05, 0) is 0 Å². The molecule has 0 bridgehead atoms. The van der Waals surface area contributed by atoms with E-state index in [0.717, 1.165) is 6.54 Å². The van der Waals surface area contributed by atoms with Crippen LogP contribution in [0.2, 0.25) is 0 Å². The second kappa shape index (κ2) is 2.92. The van der Waals surface area contributed by atoms with E-state index in [4.69, 9.17) is 9.84 Å². The van der Waals surface area contributed by atoms with Crippen molar-refractivity contribution in [2.75, 3.05) is 25.1 Å². The van der Waals surface area contributed by atoms with Gasteiger partial charge in [0.25, 0.3) is 0 Å². The van der Waals surface area contributed by atoms with Crippen molar-refractivity contribution in [2.45, 2.75) is 0 Å². The molecule has 1 aliphatic rings. The molecule has 0 unspecified atom stereocenters. The van der Waals surface area contributed by atoms with Gasteiger partial charge < -0.3 is 14.7 Å². The van der Waals surface area contributed by atoms with Crippen LogP contribution in [0.15, 0.2) is 5.38 Å². The predicted octanol–water partition coefficient (Wildman–Crippen LogP) is 1.27. The first-order valence-electron chi connectivity index (χ1n) is 3.89. The number of carbonyl (C=O) groups is 1. The average molecular weight is 199 g/mol. The third-order valence-electron chi connectivity index (χ3n) is 1.99. The molecule has 1 aromatic rings. The van der Waals surface area contributed by atoms with Crippen LogP contribution in [-0.2, 0) is 0 Å². The molecule has 4 nitrogen and oxygen atoms in total. The number of nitrogens with zero attached hydrogens (tertiary/aromatic N) is 1. The molecule has 2 heterocycles. The molecule has 5 heteroatoms. The minimum absolute atomic E-state index is 0.359. The minimum Gasteiger partial charge on any atom is -0.489 e. The molecule has 0 aromatic carbocycles. The van der Waals surface area contributed by atoms with Crippen molar-refractivity contribution in [1.82, 2.24) is 0 Å². The van der Waals surface area contributed by atoms with Gasteiger partial charge in [-0.25, -0.2) is 4.79 Å². The van der Waals surface area contributed by atoms with Crippen molar-refractivity contribution in [2.24, 2.45) is 0 Å². The standard InChI is InChI=1S/C8H9NO3S/c1-9-2-3-12-5-4-13-7(6(5)9)8(10)11/h4H,2-3H2,1H3,(H,10,11). The molecule has 1 N–H and O–H groups in total. The van der Waals surface area contributed by atoms with Crippen molar-refractivity contribution >= 4 is 23.0 Å². The van der Waals surface area contributed by atoms with Gasteiger partial charge in [0.2, 0.25) is 0 Å². The summed E-state index contributed by atoms with van der Waals surface area (Å²) in [5.74, 6) is -0.195. The summed E-state index contributed by atoms with van der Waals surface area (Å²) < 4.78 is 5.33. The largest absolute Gasteiger partial charge is 0.489 e. The maximum Gasteiger partial charge on any atom is 0.348 e. The molecule has 0 atom stereocenters. The summed E-state index contributed by atoms with van der Waals surface area (Å²) in [6.07, 6.45) is 0. The highest BCUT2D eigenvalue weighted by molar-refractivity contribution is 7.13. The number of carboxylic acids is 1. The lowest BCUT2D eigenvalue weighted by atomic mass is 10.3. The van der Waals surface area contributed by atoms with E-state index in [-0.39, 0.29) is 0 Å². The summed E-state index contributed by atoms with van der Waals surface area (Å²) in [6.45, 7) is 1.36. The Labute approximate surface area is 79.4 Å². The van der Waals surface area contributed by atoms with E-state index in [1.165, 1.54) is 11.3 Å². The quantitative estimate of drug-likeness (QED) is 0.740. The zero-order valence-electron chi connectivity index (χ0n) is 7.11. The summed E-state index contributed by atoms with van der Waals surface area (Å²) in [4.78, 5) is 13.1. The van der Waals surface area contributed by atoms with Crippen molar-refractivity contribution in [3.63, 3.8) is 0 Å². The zero-order valence-corrected chi connectivity index (χ0v) is 7.93. The molecule has 13 heavy (non-hydrogen) atoms. The third kappa shape index (κ3) is 1.25. The second-order valence-electron chi connectivity index (χ2n) is 2.85. The highest BCUT2D eigenvalue weighted by atomic mass is 32.1. The Morgan fingerprint density at radius 3 is 3.23 bits per heavy atom. The molecule has 2 rings (SSSR count). The van der Waals surface area contributed by atoms with Gasteiger partial charge in [0.1, 0.15) is 17.2 Å². The van der Waals surface area contributed by atoms with E-state index < -0.39 is 5.97 Å². The molecule has 0 saturated carbocycles. The normalized spacial score (nSPS) is 15.0. The number of anilines is 1. The van der Waals surface area contributed by atoms with E-state index in [0.29, 0.717) is 22.9 Å². The lowest BCUT2D eigenvalue weighted by Crippen LogP contribution is -2.29. The molecule has 0 fully saturated rings. The molecule has 0 aliphatic carbocycles. The van der Waals surface area contributed by atoms with Gasteiger partial charge in [-0.15, -0.1) is 11.3 Å². The Kier molecular flexibility index (Phi) is 1.88. The Hall–Kier alpha value is -1.23. The number of hydrogen-bond donors (Lipinski definition) is 1. The van der Waals surface area contributed by atoms with Gasteiger partial charge >= 0.3 is 5.97 Å². The molecule has 0 spiro atoms. The van der Waals surface area contributed by atoms with Gasteiger partial charge in [0, 0.05) is 12.4 Å².